The van der Waals surface area contributed by atoms with Crippen LogP contribution in [0.25, 0.3) is 0 Å². The zero-order valence-electron chi connectivity index (χ0n) is 26.7. The summed E-state index contributed by atoms with van der Waals surface area (Å²) in [5, 5.41) is 6.17. The minimum atomic E-state index is -0.940. The topological polar surface area (TPSA) is 114 Å². The molecule has 9 heteroatoms. The minimum absolute atomic E-state index is 0.0382. The lowest BCUT2D eigenvalue weighted by atomic mass is 10.0. The highest BCUT2D eigenvalue weighted by molar-refractivity contribution is 6.21. The zero-order valence-corrected chi connectivity index (χ0v) is 26.7. The highest BCUT2D eigenvalue weighted by Crippen LogP contribution is 2.28. The average molecular weight is 614 g/mol. The fourth-order valence-electron chi connectivity index (χ4n) is 5.08. The van der Waals surface area contributed by atoms with Crippen LogP contribution in [0.1, 0.15) is 79.3 Å². The molecule has 3 amide bonds. The molecule has 1 aliphatic rings. The van der Waals surface area contributed by atoms with E-state index in [-0.39, 0.29) is 35.9 Å². The highest BCUT2D eigenvalue weighted by atomic mass is 16.6. The second-order valence-electron chi connectivity index (χ2n) is 12.7. The molecule has 1 heterocycles. The molecule has 2 N–H and O–H groups in total. The van der Waals surface area contributed by atoms with Crippen molar-refractivity contribution < 1.29 is 28.7 Å². The normalized spacial score (nSPS) is 14.2. The van der Waals surface area contributed by atoms with Crippen molar-refractivity contribution in [1.82, 2.24) is 15.5 Å². The van der Waals surface area contributed by atoms with Gasteiger partial charge in [-0.05, 0) is 68.9 Å². The molecular weight excluding hydrogens is 570 g/mol. The van der Waals surface area contributed by atoms with Gasteiger partial charge in [0, 0.05) is 13.1 Å². The van der Waals surface area contributed by atoms with Crippen molar-refractivity contribution in [1.29, 1.82) is 0 Å². The van der Waals surface area contributed by atoms with E-state index in [4.69, 9.17) is 9.47 Å². The molecule has 9 nitrogen and oxygen atoms in total. The van der Waals surface area contributed by atoms with Crippen molar-refractivity contribution in [2.24, 2.45) is 5.92 Å². The van der Waals surface area contributed by atoms with E-state index in [1.165, 1.54) is 0 Å². The Morgan fingerprint density at radius 3 is 2.07 bits per heavy atom. The van der Waals surface area contributed by atoms with E-state index in [0.29, 0.717) is 25.3 Å². The summed E-state index contributed by atoms with van der Waals surface area (Å²) in [6, 6.07) is 22.4. The van der Waals surface area contributed by atoms with Gasteiger partial charge in [-0.1, -0.05) is 74.5 Å². The zero-order chi connectivity index (χ0) is 32.6. The molecule has 1 aliphatic heterocycles. The monoisotopic (exact) mass is 613 g/mol. The summed E-state index contributed by atoms with van der Waals surface area (Å²) in [5.41, 5.74) is 1.70. The number of esters is 1. The first kappa shape index (κ1) is 33.4. The molecule has 0 spiro atoms. The van der Waals surface area contributed by atoms with E-state index >= 15 is 0 Å². The van der Waals surface area contributed by atoms with E-state index in [9.17, 15) is 19.2 Å². The molecule has 4 rings (SSSR count). The van der Waals surface area contributed by atoms with E-state index in [0.717, 1.165) is 16.0 Å². The summed E-state index contributed by atoms with van der Waals surface area (Å²) in [4.78, 5) is 54.5. The number of carbonyl (C=O) groups excluding carboxylic acids is 4. The van der Waals surface area contributed by atoms with Gasteiger partial charge in [0.2, 0.25) is 5.91 Å². The molecule has 3 aromatic rings. The Labute approximate surface area is 265 Å². The number of ether oxygens (including phenoxy) is 2. The number of rotatable bonds is 14. The molecule has 2 unspecified atom stereocenters. The Morgan fingerprint density at radius 2 is 1.44 bits per heavy atom. The van der Waals surface area contributed by atoms with Crippen molar-refractivity contribution in [2.45, 2.75) is 78.3 Å². The van der Waals surface area contributed by atoms with Crippen LogP contribution in [0.4, 0.5) is 0 Å². The third-order valence-corrected chi connectivity index (χ3v) is 7.26. The number of nitrogens with zero attached hydrogens (tertiary/aromatic N) is 1. The van der Waals surface area contributed by atoms with Crippen LogP contribution in [-0.4, -0.2) is 52.8 Å². The van der Waals surface area contributed by atoms with Crippen molar-refractivity contribution in [2.75, 3.05) is 6.54 Å². The third kappa shape index (κ3) is 9.49. The molecule has 0 bridgehead atoms. The molecule has 0 aromatic heterocycles. The summed E-state index contributed by atoms with van der Waals surface area (Å²) < 4.78 is 11.6. The van der Waals surface area contributed by atoms with Gasteiger partial charge in [0.15, 0.2) is 0 Å². The fourth-order valence-corrected chi connectivity index (χ4v) is 5.08. The number of imide groups is 1. The Bertz CT molecular complexity index is 1480. The quantitative estimate of drug-likeness (QED) is 0.188. The van der Waals surface area contributed by atoms with Crippen LogP contribution in [0.15, 0.2) is 78.9 Å². The fraction of sp³-hybridized carbons (Fsp3) is 0.389. The molecule has 45 heavy (non-hydrogen) atoms. The first-order valence-electron chi connectivity index (χ1n) is 15.4. The van der Waals surface area contributed by atoms with Gasteiger partial charge in [-0.15, -0.1) is 0 Å². The van der Waals surface area contributed by atoms with E-state index in [2.05, 4.69) is 10.6 Å². The van der Waals surface area contributed by atoms with E-state index in [1.54, 1.807) is 39.0 Å². The average Bonchev–Trinajstić information content (AvgIpc) is 3.24. The van der Waals surface area contributed by atoms with Gasteiger partial charge in [-0.2, -0.15) is 0 Å². The van der Waals surface area contributed by atoms with Gasteiger partial charge in [0.05, 0.1) is 17.2 Å². The molecule has 3 aromatic carbocycles. The summed E-state index contributed by atoms with van der Waals surface area (Å²) in [6.45, 7) is 9.93. The van der Waals surface area contributed by atoms with Gasteiger partial charge in [0.25, 0.3) is 11.8 Å². The number of nitrogens with one attached hydrogen (secondary N) is 2. The molecular formula is C36H43N3O6. The number of hydrogen-bond acceptors (Lipinski definition) is 7. The summed E-state index contributed by atoms with van der Waals surface area (Å²) in [7, 11) is 0. The maximum atomic E-state index is 13.4. The van der Waals surface area contributed by atoms with Crippen molar-refractivity contribution in [3.8, 4) is 5.75 Å². The first-order chi connectivity index (χ1) is 21.4. The number of fused-ring (bicyclic) bond motifs is 1. The molecule has 0 aliphatic carbocycles. The van der Waals surface area contributed by atoms with Crippen LogP contribution >= 0.6 is 0 Å². The maximum absolute atomic E-state index is 13.4. The predicted molar refractivity (Wildman–Crippen MR) is 172 cm³/mol. The Hall–Kier alpha value is -4.50. The lowest BCUT2D eigenvalue weighted by molar-refractivity contribution is -0.158. The van der Waals surface area contributed by atoms with Gasteiger partial charge in [-0.3, -0.25) is 29.4 Å². The molecule has 0 radical (unpaired) electrons. The highest BCUT2D eigenvalue weighted by Gasteiger charge is 2.38. The van der Waals surface area contributed by atoms with Gasteiger partial charge in [0.1, 0.15) is 24.0 Å². The summed E-state index contributed by atoms with van der Waals surface area (Å²) in [5.74, 6) is -1.06. The SMILES string of the molecule is CC(C)CC(NC(CCN1C(=O)c2ccc(OCc3ccccc3)cc2C1=O)C(=O)OC(C)(C)C)C(=O)NCc1ccccc1. The largest absolute Gasteiger partial charge is 0.489 e. The Morgan fingerprint density at radius 1 is 0.822 bits per heavy atom. The predicted octanol–water partition coefficient (Wildman–Crippen LogP) is 5.28. The molecule has 2 atom stereocenters. The van der Waals surface area contributed by atoms with Crippen LogP contribution < -0.4 is 15.4 Å². The standard InChI is InChI=1S/C36H43N3O6/c1-24(2)20-31(32(40)37-22-25-12-8-6-9-13-25)38-30(35(43)45-36(3,4)5)18-19-39-33(41)28-17-16-27(21-29(28)34(39)42)44-23-26-14-10-7-11-15-26/h6-17,21,24,30-31,38H,18-20,22-23H2,1-5H3,(H,37,40). The van der Waals surface area contributed by atoms with Crippen LogP contribution in [0, 0.1) is 5.92 Å². The lowest BCUT2D eigenvalue weighted by Gasteiger charge is -2.29. The second kappa shape index (κ2) is 15.0. The summed E-state index contributed by atoms with van der Waals surface area (Å²) >= 11 is 0. The number of hydrogen-bond donors (Lipinski definition) is 2. The Kier molecular flexibility index (Phi) is 11.1. The van der Waals surface area contributed by atoms with Crippen LogP contribution in [0.3, 0.4) is 0 Å². The third-order valence-electron chi connectivity index (χ3n) is 7.26. The smallest absolute Gasteiger partial charge is 0.323 e. The van der Waals surface area contributed by atoms with Crippen molar-refractivity contribution >= 4 is 23.7 Å². The lowest BCUT2D eigenvalue weighted by Crippen LogP contribution is -2.53. The van der Waals surface area contributed by atoms with Crippen molar-refractivity contribution in [3.05, 3.63) is 101 Å². The van der Waals surface area contributed by atoms with Gasteiger partial charge in [-0.25, -0.2) is 0 Å². The molecule has 238 valence electrons. The van der Waals surface area contributed by atoms with Gasteiger partial charge < -0.3 is 14.8 Å². The Balaban J connectivity index is 1.46. The summed E-state index contributed by atoms with van der Waals surface area (Å²) in [6.07, 6.45) is 0.539. The van der Waals surface area contributed by atoms with E-state index in [1.807, 2.05) is 74.5 Å². The minimum Gasteiger partial charge on any atom is -0.489 e. The molecule has 0 saturated heterocycles. The van der Waals surface area contributed by atoms with Crippen LogP contribution in [0.2, 0.25) is 0 Å². The number of amides is 3. The van der Waals surface area contributed by atoms with Gasteiger partial charge >= 0.3 is 5.97 Å². The molecule has 0 saturated carbocycles. The van der Waals surface area contributed by atoms with Crippen molar-refractivity contribution in [3.63, 3.8) is 0 Å². The van der Waals surface area contributed by atoms with Crippen LogP contribution in [0.5, 0.6) is 5.75 Å². The molecule has 0 fully saturated rings. The van der Waals surface area contributed by atoms with Crippen LogP contribution in [-0.2, 0) is 27.5 Å². The number of benzene rings is 3. The second-order valence-corrected chi connectivity index (χ2v) is 12.7. The maximum Gasteiger partial charge on any atom is 0.323 e. The number of carbonyl (C=O) groups is 4. The van der Waals surface area contributed by atoms with E-state index < -0.39 is 35.5 Å². The first-order valence-corrected chi connectivity index (χ1v) is 15.4.